The monoisotopic (exact) mass is 319 g/mol. The number of hydrogen-bond donors (Lipinski definition) is 0. The molecule has 0 saturated carbocycles. The van der Waals surface area contributed by atoms with Crippen LogP contribution >= 0.6 is 11.8 Å². The minimum absolute atomic E-state index is 0.147. The van der Waals surface area contributed by atoms with E-state index in [0.717, 1.165) is 30.3 Å². The maximum absolute atomic E-state index is 13.5. The summed E-state index contributed by atoms with van der Waals surface area (Å²) in [5, 5.41) is 0. The summed E-state index contributed by atoms with van der Waals surface area (Å²) < 4.78 is 24.2. The molecular formula is C17H18FNO2S. The van der Waals surface area contributed by atoms with E-state index in [2.05, 4.69) is 11.9 Å². The minimum atomic E-state index is -0.147. The Labute approximate surface area is 134 Å². The smallest absolute Gasteiger partial charge is 0.231 e. The summed E-state index contributed by atoms with van der Waals surface area (Å²) in [6.45, 7) is 2.01. The van der Waals surface area contributed by atoms with Crippen LogP contribution in [-0.2, 0) is 6.54 Å². The first-order chi connectivity index (χ1) is 10.7. The van der Waals surface area contributed by atoms with Gasteiger partial charge in [-0.25, -0.2) is 4.39 Å². The predicted octanol–water partition coefficient (Wildman–Crippen LogP) is 3.78. The van der Waals surface area contributed by atoms with Crippen molar-refractivity contribution in [2.45, 2.75) is 11.4 Å². The second kappa shape index (κ2) is 7.03. The lowest BCUT2D eigenvalue weighted by molar-refractivity contribution is 0.174. The maximum Gasteiger partial charge on any atom is 0.231 e. The fourth-order valence-corrected chi connectivity index (χ4v) is 3.31. The summed E-state index contributed by atoms with van der Waals surface area (Å²) in [6, 6.07) is 12.9. The summed E-state index contributed by atoms with van der Waals surface area (Å²) in [6.07, 6.45) is 0. The molecule has 0 radical (unpaired) electrons. The van der Waals surface area contributed by atoms with E-state index in [1.807, 2.05) is 30.3 Å². The molecule has 2 aromatic carbocycles. The first-order valence-corrected chi connectivity index (χ1v) is 8.15. The van der Waals surface area contributed by atoms with Crippen LogP contribution < -0.4 is 9.47 Å². The van der Waals surface area contributed by atoms with Crippen LogP contribution in [0.5, 0.6) is 11.5 Å². The van der Waals surface area contributed by atoms with E-state index in [0.29, 0.717) is 11.7 Å². The Hall–Kier alpha value is -1.72. The second-order valence-corrected chi connectivity index (χ2v) is 6.34. The Bertz CT molecular complexity index is 650. The van der Waals surface area contributed by atoms with Crippen molar-refractivity contribution in [1.82, 2.24) is 4.90 Å². The first kappa shape index (κ1) is 15.2. The SMILES string of the molecule is CN(CCSc1ccccc1F)Cc1ccc2c(c1)OCO2. The Balaban J connectivity index is 1.48. The van der Waals surface area contributed by atoms with Gasteiger partial charge < -0.3 is 14.4 Å². The Morgan fingerprint density at radius 2 is 1.95 bits per heavy atom. The van der Waals surface area contributed by atoms with Gasteiger partial charge in [0.25, 0.3) is 0 Å². The average molecular weight is 319 g/mol. The number of rotatable bonds is 6. The molecule has 0 amide bonds. The van der Waals surface area contributed by atoms with E-state index in [9.17, 15) is 4.39 Å². The number of nitrogens with zero attached hydrogens (tertiary/aromatic N) is 1. The highest BCUT2D eigenvalue weighted by Gasteiger charge is 2.13. The maximum atomic E-state index is 13.5. The van der Waals surface area contributed by atoms with Crippen LogP contribution in [0.4, 0.5) is 4.39 Å². The number of hydrogen-bond acceptors (Lipinski definition) is 4. The third-order valence-electron chi connectivity index (χ3n) is 3.46. The number of halogens is 1. The van der Waals surface area contributed by atoms with Gasteiger partial charge in [-0.1, -0.05) is 18.2 Å². The minimum Gasteiger partial charge on any atom is -0.454 e. The average Bonchev–Trinajstić information content (AvgIpc) is 2.97. The third kappa shape index (κ3) is 3.72. The number of ether oxygens (including phenoxy) is 2. The summed E-state index contributed by atoms with van der Waals surface area (Å²) in [5.74, 6) is 2.32. The van der Waals surface area contributed by atoms with E-state index in [1.165, 1.54) is 11.6 Å². The highest BCUT2D eigenvalue weighted by molar-refractivity contribution is 7.99. The van der Waals surface area contributed by atoms with Gasteiger partial charge in [0.1, 0.15) is 5.82 Å². The predicted molar refractivity (Wildman–Crippen MR) is 86.0 cm³/mol. The zero-order valence-electron chi connectivity index (χ0n) is 12.4. The quantitative estimate of drug-likeness (QED) is 0.755. The molecule has 0 saturated heterocycles. The summed E-state index contributed by atoms with van der Waals surface area (Å²) >= 11 is 1.54. The topological polar surface area (TPSA) is 21.7 Å². The zero-order valence-corrected chi connectivity index (χ0v) is 13.2. The van der Waals surface area contributed by atoms with Crippen LogP contribution in [0.15, 0.2) is 47.4 Å². The lowest BCUT2D eigenvalue weighted by atomic mass is 10.2. The molecule has 5 heteroatoms. The number of benzene rings is 2. The van der Waals surface area contributed by atoms with Gasteiger partial charge in [0, 0.05) is 23.7 Å². The molecule has 0 spiro atoms. The fourth-order valence-electron chi connectivity index (χ4n) is 2.30. The molecule has 3 rings (SSSR count). The van der Waals surface area contributed by atoms with Crippen LogP contribution in [0.3, 0.4) is 0 Å². The molecule has 0 aliphatic carbocycles. The fraction of sp³-hybridized carbons (Fsp3) is 0.294. The Morgan fingerprint density at radius 1 is 1.14 bits per heavy atom. The Kier molecular flexibility index (Phi) is 4.85. The summed E-state index contributed by atoms with van der Waals surface area (Å²) in [4.78, 5) is 2.92. The first-order valence-electron chi connectivity index (χ1n) is 7.17. The van der Waals surface area contributed by atoms with E-state index in [1.54, 1.807) is 17.8 Å². The molecule has 116 valence electrons. The molecule has 0 aromatic heterocycles. The normalized spacial score (nSPS) is 12.9. The van der Waals surface area contributed by atoms with Gasteiger partial charge in [0.2, 0.25) is 6.79 Å². The van der Waals surface area contributed by atoms with Crippen LogP contribution in [-0.4, -0.2) is 31.0 Å². The summed E-state index contributed by atoms with van der Waals surface area (Å²) in [7, 11) is 2.06. The third-order valence-corrected chi connectivity index (χ3v) is 4.49. The van der Waals surface area contributed by atoms with Crippen molar-refractivity contribution >= 4 is 11.8 Å². The van der Waals surface area contributed by atoms with Crippen molar-refractivity contribution in [3.63, 3.8) is 0 Å². The van der Waals surface area contributed by atoms with Crippen LogP contribution in [0.1, 0.15) is 5.56 Å². The Morgan fingerprint density at radius 3 is 2.82 bits per heavy atom. The molecule has 0 unspecified atom stereocenters. The lowest BCUT2D eigenvalue weighted by Crippen LogP contribution is -2.20. The lowest BCUT2D eigenvalue weighted by Gasteiger charge is -2.16. The molecule has 0 atom stereocenters. The molecule has 22 heavy (non-hydrogen) atoms. The molecule has 0 fully saturated rings. The van der Waals surface area contributed by atoms with Gasteiger partial charge in [-0.05, 0) is 36.9 Å². The summed E-state index contributed by atoms with van der Waals surface area (Å²) in [5.41, 5.74) is 1.18. The molecule has 1 heterocycles. The van der Waals surface area contributed by atoms with E-state index in [4.69, 9.17) is 9.47 Å². The molecular weight excluding hydrogens is 301 g/mol. The van der Waals surface area contributed by atoms with Crippen molar-refractivity contribution in [2.75, 3.05) is 26.1 Å². The van der Waals surface area contributed by atoms with Crippen molar-refractivity contribution in [2.24, 2.45) is 0 Å². The van der Waals surface area contributed by atoms with Crippen molar-refractivity contribution in [3.8, 4) is 11.5 Å². The highest BCUT2D eigenvalue weighted by Crippen LogP contribution is 2.32. The molecule has 3 nitrogen and oxygen atoms in total. The second-order valence-electron chi connectivity index (χ2n) is 5.20. The van der Waals surface area contributed by atoms with Gasteiger partial charge in [-0.3, -0.25) is 0 Å². The van der Waals surface area contributed by atoms with Gasteiger partial charge in [0.05, 0.1) is 0 Å². The van der Waals surface area contributed by atoms with Gasteiger partial charge in [0.15, 0.2) is 11.5 Å². The van der Waals surface area contributed by atoms with E-state index < -0.39 is 0 Å². The number of fused-ring (bicyclic) bond motifs is 1. The van der Waals surface area contributed by atoms with E-state index >= 15 is 0 Å². The standard InChI is InChI=1S/C17H18FNO2S/c1-19(8-9-22-17-5-3-2-4-14(17)18)11-13-6-7-15-16(10-13)21-12-20-15/h2-7,10H,8-9,11-12H2,1H3. The molecule has 0 N–H and O–H groups in total. The highest BCUT2D eigenvalue weighted by atomic mass is 32.2. The van der Waals surface area contributed by atoms with E-state index in [-0.39, 0.29) is 5.82 Å². The molecule has 0 bridgehead atoms. The zero-order chi connectivity index (χ0) is 15.4. The van der Waals surface area contributed by atoms with Crippen molar-refractivity contribution < 1.29 is 13.9 Å². The van der Waals surface area contributed by atoms with Crippen LogP contribution in [0.2, 0.25) is 0 Å². The van der Waals surface area contributed by atoms with Crippen molar-refractivity contribution in [3.05, 3.63) is 53.8 Å². The molecule has 1 aliphatic heterocycles. The van der Waals surface area contributed by atoms with Gasteiger partial charge >= 0.3 is 0 Å². The molecule has 2 aromatic rings. The van der Waals surface area contributed by atoms with Crippen molar-refractivity contribution in [1.29, 1.82) is 0 Å². The van der Waals surface area contributed by atoms with Gasteiger partial charge in [-0.15, -0.1) is 11.8 Å². The largest absolute Gasteiger partial charge is 0.454 e. The number of thioether (sulfide) groups is 1. The molecule has 1 aliphatic rings. The van der Waals surface area contributed by atoms with Crippen LogP contribution in [0.25, 0.3) is 0 Å². The van der Waals surface area contributed by atoms with Crippen LogP contribution in [0, 0.1) is 5.82 Å². The van der Waals surface area contributed by atoms with Gasteiger partial charge in [-0.2, -0.15) is 0 Å².